The number of nitrogens with one attached hydrogen (secondary N) is 2. The normalized spacial score (nSPS) is 10.3. The van der Waals surface area contributed by atoms with Crippen LogP contribution in [-0.2, 0) is 17.8 Å². The Balaban J connectivity index is 1.80. The molecular weight excluding hydrogens is 282 g/mol. The van der Waals surface area contributed by atoms with Crippen molar-refractivity contribution < 1.29 is 14.0 Å². The fourth-order valence-corrected chi connectivity index (χ4v) is 1.99. The molecule has 0 atom stereocenters. The van der Waals surface area contributed by atoms with E-state index in [4.69, 9.17) is 10.2 Å². The molecule has 1 heterocycles. The van der Waals surface area contributed by atoms with Gasteiger partial charge in [-0.3, -0.25) is 9.59 Å². The topological polar surface area (TPSA) is 97.4 Å². The van der Waals surface area contributed by atoms with Crippen molar-refractivity contribution >= 4 is 17.5 Å². The summed E-state index contributed by atoms with van der Waals surface area (Å²) >= 11 is 0. The number of nitrogens with two attached hydrogens (primary N) is 1. The summed E-state index contributed by atoms with van der Waals surface area (Å²) in [5.41, 5.74) is 7.73. The van der Waals surface area contributed by atoms with E-state index in [0.717, 1.165) is 11.3 Å². The smallest absolute Gasteiger partial charge is 0.254 e. The Morgan fingerprint density at radius 2 is 1.95 bits per heavy atom. The molecule has 0 aliphatic heterocycles. The zero-order chi connectivity index (χ0) is 15.9. The van der Waals surface area contributed by atoms with Gasteiger partial charge in [0.05, 0.1) is 12.1 Å². The number of hydrogen-bond acceptors (Lipinski definition) is 4. The summed E-state index contributed by atoms with van der Waals surface area (Å²) in [6.07, 6.45) is 2.10. The standard InChI is InChI=1S/C16H19N3O3/c1-11(20)19-14-4-2-12(3-5-14)6-7-18-16(21)13-8-15(9-17)22-10-13/h2-5,8,10H,6-7,9,17H2,1H3,(H,18,21)(H,19,20). The highest BCUT2D eigenvalue weighted by atomic mass is 16.3. The highest BCUT2D eigenvalue weighted by molar-refractivity contribution is 5.94. The third kappa shape index (κ3) is 4.46. The summed E-state index contributed by atoms with van der Waals surface area (Å²) < 4.78 is 5.12. The highest BCUT2D eigenvalue weighted by Gasteiger charge is 2.08. The second-order valence-electron chi connectivity index (χ2n) is 4.89. The molecule has 1 aromatic heterocycles. The van der Waals surface area contributed by atoms with E-state index in [1.165, 1.54) is 13.2 Å². The van der Waals surface area contributed by atoms with Crippen molar-refractivity contribution in [3.05, 3.63) is 53.5 Å². The fourth-order valence-electron chi connectivity index (χ4n) is 1.99. The molecule has 2 rings (SSSR count). The number of carbonyl (C=O) groups is 2. The lowest BCUT2D eigenvalue weighted by Gasteiger charge is -2.06. The van der Waals surface area contributed by atoms with Gasteiger partial charge in [0.2, 0.25) is 5.91 Å². The Kier molecular flexibility index (Phi) is 5.32. The van der Waals surface area contributed by atoms with Gasteiger partial charge in [-0.05, 0) is 30.2 Å². The van der Waals surface area contributed by atoms with E-state index in [1.54, 1.807) is 6.07 Å². The minimum atomic E-state index is -0.182. The quantitative estimate of drug-likeness (QED) is 0.756. The fraction of sp³-hybridized carbons (Fsp3) is 0.250. The molecule has 0 spiro atoms. The second-order valence-corrected chi connectivity index (χ2v) is 4.89. The van der Waals surface area contributed by atoms with Gasteiger partial charge in [0, 0.05) is 19.2 Å². The van der Waals surface area contributed by atoms with Gasteiger partial charge in [-0.15, -0.1) is 0 Å². The Hall–Kier alpha value is -2.60. The van der Waals surface area contributed by atoms with E-state index in [2.05, 4.69) is 10.6 Å². The van der Waals surface area contributed by atoms with Gasteiger partial charge >= 0.3 is 0 Å². The summed E-state index contributed by atoms with van der Waals surface area (Å²) in [6.45, 7) is 2.25. The van der Waals surface area contributed by atoms with Gasteiger partial charge in [0.25, 0.3) is 5.91 Å². The average Bonchev–Trinajstić information content (AvgIpc) is 2.97. The number of hydrogen-bond donors (Lipinski definition) is 3. The van der Waals surface area contributed by atoms with Gasteiger partial charge < -0.3 is 20.8 Å². The first-order valence-corrected chi connectivity index (χ1v) is 7.00. The number of carbonyl (C=O) groups excluding carboxylic acids is 2. The number of rotatable bonds is 6. The molecule has 6 nitrogen and oxygen atoms in total. The Morgan fingerprint density at radius 1 is 1.23 bits per heavy atom. The number of benzene rings is 1. The van der Waals surface area contributed by atoms with E-state index in [0.29, 0.717) is 24.3 Å². The Labute approximate surface area is 128 Å². The number of anilines is 1. The summed E-state index contributed by atoms with van der Waals surface area (Å²) in [5, 5.41) is 5.53. The van der Waals surface area contributed by atoms with Crippen molar-refractivity contribution in [3.8, 4) is 0 Å². The molecule has 4 N–H and O–H groups in total. The van der Waals surface area contributed by atoms with Crippen molar-refractivity contribution in [3.63, 3.8) is 0 Å². The molecular formula is C16H19N3O3. The van der Waals surface area contributed by atoms with E-state index < -0.39 is 0 Å². The molecule has 0 fully saturated rings. The van der Waals surface area contributed by atoms with Crippen LogP contribution < -0.4 is 16.4 Å². The number of furan rings is 1. The minimum Gasteiger partial charge on any atom is -0.467 e. The van der Waals surface area contributed by atoms with Crippen molar-refractivity contribution in [2.45, 2.75) is 19.9 Å². The van der Waals surface area contributed by atoms with Crippen LogP contribution in [0.25, 0.3) is 0 Å². The highest BCUT2D eigenvalue weighted by Crippen LogP contribution is 2.10. The van der Waals surface area contributed by atoms with E-state index in [9.17, 15) is 9.59 Å². The van der Waals surface area contributed by atoms with Crippen LogP contribution in [0.15, 0.2) is 41.0 Å². The molecule has 0 saturated carbocycles. The van der Waals surface area contributed by atoms with Crippen molar-refractivity contribution in [2.75, 3.05) is 11.9 Å². The van der Waals surface area contributed by atoms with Crippen LogP contribution in [0.2, 0.25) is 0 Å². The van der Waals surface area contributed by atoms with Gasteiger partial charge in [0.15, 0.2) is 0 Å². The van der Waals surface area contributed by atoms with Crippen molar-refractivity contribution in [2.24, 2.45) is 5.73 Å². The van der Waals surface area contributed by atoms with E-state index in [-0.39, 0.29) is 18.4 Å². The zero-order valence-corrected chi connectivity index (χ0v) is 12.4. The maximum atomic E-state index is 11.9. The van der Waals surface area contributed by atoms with Gasteiger partial charge in [-0.25, -0.2) is 0 Å². The first-order chi connectivity index (χ1) is 10.6. The molecule has 0 bridgehead atoms. The maximum Gasteiger partial charge on any atom is 0.254 e. The molecule has 0 radical (unpaired) electrons. The van der Waals surface area contributed by atoms with Crippen LogP contribution >= 0.6 is 0 Å². The van der Waals surface area contributed by atoms with E-state index in [1.807, 2.05) is 24.3 Å². The number of amides is 2. The predicted octanol–water partition coefficient (Wildman–Crippen LogP) is 1.67. The molecule has 0 saturated heterocycles. The summed E-state index contributed by atoms with van der Waals surface area (Å²) in [7, 11) is 0. The zero-order valence-electron chi connectivity index (χ0n) is 12.4. The van der Waals surface area contributed by atoms with Crippen LogP contribution in [0.3, 0.4) is 0 Å². The lowest BCUT2D eigenvalue weighted by Crippen LogP contribution is -2.25. The summed E-state index contributed by atoms with van der Waals surface area (Å²) in [6, 6.07) is 9.14. The molecule has 0 aliphatic rings. The molecule has 0 unspecified atom stereocenters. The van der Waals surface area contributed by atoms with E-state index >= 15 is 0 Å². The SMILES string of the molecule is CC(=O)Nc1ccc(CCNC(=O)c2coc(CN)c2)cc1. The second kappa shape index (κ2) is 7.42. The van der Waals surface area contributed by atoms with Crippen LogP contribution in [0.1, 0.15) is 28.6 Å². The molecule has 2 aromatic rings. The monoisotopic (exact) mass is 301 g/mol. The van der Waals surface area contributed by atoms with Crippen LogP contribution in [0.5, 0.6) is 0 Å². The van der Waals surface area contributed by atoms with Gasteiger partial charge in [0.1, 0.15) is 12.0 Å². The molecule has 1 aromatic carbocycles. The molecule has 0 aliphatic carbocycles. The van der Waals surface area contributed by atoms with Crippen LogP contribution in [-0.4, -0.2) is 18.4 Å². The Morgan fingerprint density at radius 3 is 2.55 bits per heavy atom. The first-order valence-electron chi connectivity index (χ1n) is 7.00. The molecule has 22 heavy (non-hydrogen) atoms. The largest absolute Gasteiger partial charge is 0.467 e. The third-order valence-corrected chi connectivity index (χ3v) is 3.09. The first kappa shape index (κ1) is 15.8. The van der Waals surface area contributed by atoms with Crippen molar-refractivity contribution in [1.82, 2.24) is 5.32 Å². The minimum absolute atomic E-state index is 0.100. The molecule has 6 heteroatoms. The summed E-state index contributed by atoms with van der Waals surface area (Å²) in [5.74, 6) is 0.300. The van der Waals surface area contributed by atoms with Gasteiger partial charge in [-0.1, -0.05) is 12.1 Å². The maximum absolute atomic E-state index is 11.9. The lowest BCUT2D eigenvalue weighted by atomic mass is 10.1. The third-order valence-electron chi connectivity index (χ3n) is 3.09. The Bertz CT molecular complexity index is 647. The molecule has 116 valence electrons. The van der Waals surface area contributed by atoms with Crippen LogP contribution in [0.4, 0.5) is 5.69 Å². The predicted molar refractivity (Wildman–Crippen MR) is 83.4 cm³/mol. The average molecular weight is 301 g/mol. The van der Waals surface area contributed by atoms with Gasteiger partial charge in [-0.2, -0.15) is 0 Å². The molecule has 2 amide bonds. The summed E-state index contributed by atoms with van der Waals surface area (Å²) in [4.78, 5) is 22.8. The van der Waals surface area contributed by atoms with Crippen LogP contribution in [0, 0.1) is 0 Å². The lowest BCUT2D eigenvalue weighted by molar-refractivity contribution is -0.114. The van der Waals surface area contributed by atoms with Crippen molar-refractivity contribution in [1.29, 1.82) is 0 Å².